The van der Waals surface area contributed by atoms with Gasteiger partial charge >= 0.3 is 0 Å². The highest BCUT2D eigenvalue weighted by molar-refractivity contribution is 6.31. The Labute approximate surface area is 123 Å². The molecule has 1 saturated heterocycles. The van der Waals surface area contributed by atoms with Crippen LogP contribution in [0.15, 0.2) is 22.6 Å². The summed E-state index contributed by atoms with van der Waals surface area (Å²) in [6.45, 7) is 0.183. The largest absolute Gasteiger partial charge is 0.423 e. The lowest BCUT2D eigenvalue weighted by Crippen LogP contribution is -2.54. The number of carbonyl (C=O) groups excluding carboxylic acids is 1. The van der Waals surface area contributed by atoms with E-state index in [2.05, 4.69) is 10.3 Å². The van der Waals surface area contributed by atoms with Gasteiger partial charge in [-0.15, -0.1) is 0 Å². The Bertz CT molecular complexity index is 670. The van der Waals surface area contributed by atoms with Gasteiger partial charge < -0.3 is 14.6 Å². The average Bonchev–Trinajstić information content (AvgIpc) is 2.76. The topological polar surface area (TPSA) is 58.4 Å². The fraction of sp³-hybridized carbons (Fsp3) is 0.385. The van der Waals surface area contributed by atoms with Crippen molar-refractivity contribution in [2.45, 2.75) is 6.43 Å². The highest BCUT2D eigenvalue weighted by atomic mass is 35.5. The summed E-state index contributed by atoms with van der Waals surface area (Å²) < 4.78 is 29.6. The number of alkyl halides is 2. The second-order valence-electron chi connectivity index (χ2n) is 4.85. The van der Waals surface area contributed by atoms with E-state index >= 15 is 0 Å². The summed E-state index contributed by atoms with van der Waals surface area (Å²) >= 11 is 5.87. The molecule has 0 aliphatic carbocycles. The van der Waals surface area contributed by atoms with E-state index in [1.807, 2.05) is 0 Å². The van der Waals surface area contributed by atoms with Crippen LogP contribution in [0.25, 0.3) is 11.1 Å². The number of benzene rings is 1. The van der Waals surface area contributed by atoms with Gasteiger partial charge in [-0.2, -0.15) is 4.98 Å². The van der Waals surface area contributed by atoms with E-state index in [0.29, 0.717) is 35.2 Å². The maximum absolute atomic E-state index is 12.0. The second kappa shape index (κ2) is 5.48. The molecular weight excluding hydrogens is 304 g/mol. The first kappa shape index (κ1) is 14.1. The fourth-order valence-corrected chi connectivity index (χ4v) is 2.31. The number of hydrogen-bond acceptors (Lipinski definition) is 4. The maximum atomic E-state index is 12.0. The van der Waals surface area contributed by atoms with E-state index in [4.69, 9.17) is 16.0 Å². The van der Waals surface area contributed by atoms with Crippen LogP contribution in [0.3, 0.4) is 0 Å². The molecule has 21 heavy (non-hydrogen) atoms. The van der Waals surface area contributed by atoms with Crippen LogP contribution in [0.5, 0.6) is 0 Å². The van der Waals surface area contributed by atoms with Gasteiger partial charge in [-0.25, -0.2) is 8.78 Å². The molecule has 8 heteroatoms. The van der Waals surface area contributed by atoms with Crippen molar-refractivity contribution < 1.29 is 18.0 Å². The first-order valence-electron chi connectivity index (χ1n) is 6.40. The minimum Gasteiger partial charge on any atom is -0.423 e. The van der Waals surface area contributed by atoms with Gasteiger partial charge in [-0.05, 0) is 18.2 Å². The van der Waals surface area contributed by atoms with Gasteiger partial charge in [0.1, 0.15) is 5.52 Å². The Morgan fingerprint density at radius 2 is 2.29 bits per heavy atom. The molecule has 1 aromatic heterocycles. The number of carbonyl (C=O) groups is 1. The van der Waals surface area contributed by atoms with E-state index in [9.17, 15) is 13.6 Å². The first-order chi connectivity index (χ1) is 10.0. The summed E-state index contributed by atoms with van der Waals surface area (Å²) in [6, 6.07) is 5.53. The van der Waals surface area contributed by atoms with E-state index in [1.165, 1.54) is 0 Å². The molecule has 1 aromatic carbocycles. The van der Waals surface area contributed by atoms with Crippen molar-refractivity contribution in [1.82, 2.24) is 10.3 Å². The molecule has 2 heterocycles. The van der Waals surface area contributed by atoms with Crippen molar-refractivity contribution >= 4 is 34.6 Å². The SMILES string of the molecule is O=C(NCC(F)F)C1CN(c2nc3cc(Cl)ccc3o2)C1. The molecule has 112 valence electrons. The highest BCUT2D eigenvalue weighted by Gasteiger charge is 2.35. The normalized spacial score (nSPS) is 15.5. The Balaban J connectivity index is 1.61. The van der Waals surface area contributed by atoms with Gasteiger partial charge in [-0.1, -0.05) is 11.6 Å². The van der Waals surface area contributed by atoms with Crippen LogP contribution in [-0.4, -0.2) is 37.0 Å². The van der Waals surface area contributed by atoms with Gasteiger partial charge in [0.2, 0.25) is 5.91 Å². The predicted molar refractivity (Wildman–Crippen MR) is 73.7 cm³/mol. The van der Waals surface area contributed by atoms with Crippen LogP contribution in [0.2, 0.25) is 5.02 Å². The van der Waals surface area contributed by atoms with Crippen LogP contribution in [0.1, 0.15) is 0 Å². The summed E-state index contributed by atoms with van der Waals surface area (Å²) in [5, 5.41) is 2.77. The van der Waals surface area contributed by atoms with Crippen molar-refractivity contribution in [1.29, 1.82) is 0 Å². The lowest BCUT2D eigenvalue weighted by Gasteiger charge is -2.36. The third-order valence-electron chi connectivity index (χ3n) is 3.29. The van der Waals surface area contributed by atoms with E-state index in [0.717, 1.165) is 0 Å². The van der Waals surface area contributed by atoms with E-state index in [-0.39, 0.29) is 11.8 Å². The Morgan fingerprint density at radius 3 is 3.00 bits per heavy atom. The van der Waals surface area contributed by atoms with Crippen molar-refractivity contribution in [2.24, 2.45) is 5.92 Å². The molecule has 1 aliphatic heterocycles. The number of oxazole rings is 1. The molecule has 0 saturated carbocycles. The van der Waals surface area contributed by atoms with Crippen LogP contribution < -0.4 is 10.2 Å². The molecular formula is C13H12ClF2N3O2. The van der Waals surface area contributed by atoms with Crippen molar-refractivity contribution in [3.05, 3.63) is 23.2 Å². The summed E-state index contributed by atoms with van der Waals surface area (Å²) in [7, 11) is 0. The quantitative estimate of drug-likeness (QED) is 0.940. The lowest BCUT2D eigenvalue weighted by atomic mass is 10.00. The molecule has 1 N–H and O–H groups in total. The zero-order chi connectivity index (χ0) is 15.0. The van der Waals surface area contributed by atoms with Gasteiger partial charge in [0.05, 0.1) is 12.5 Å². The summed E-state index contributed by atoms with van der Waals surface area (Å²) in [5.74, 6) is -0.687. The zero-order valence-electron chi connectivity index (χ0n) is 10.9. The van der Waals surface area contributed by atoms with Crippen LogP contribution in [0, 0.1) is 5.92 Å². The molecule has 1 fully saturated rings. The minimum absolute atomic E-state index is 0.317. The molecule has 1 amide bonds. The second-order valence-corrected chi connectivity index (χ2v) is 5.28. The number of amides is 1. The standard InChI is InChI=1S/C13H12ClF2N3O2/c14-8-1-2-10-9(3-8)18-13(21-10)19-5-7(6-19)12(20)17-4-11(15)16/h1-3,7,11H,4-6H2,(H,17,20). The summed E-state index contributed by atoms with van der Waals surface area (Å²) in [5.41, 5.74) is 1.25. The summed E-state index contributed by atoms with van der Waals surface area (Å²) in [6.07, 6.45) is -2.54. The van der Waals surface area contributed by atoms with Gasteiger partial charge in [-0.3, -0.25) is 4.79 Å². The van der Waals surface area contributed by atoms with E-state index in [1.54, 1.807) is 23.1 Å². The number of aromatic nitrogens is 1. The third-order valence-corrected chi connectivity index (χ3v) is 3.53. The van der Waals surface area contributed by atoms with E-state index < -0.39 is 13.0 Å². The molecule has 0 radical (unpaired) electrons. The number of nitrogens with one attached hydrogen (secondary N) is 1. The molecule has 1 aliphatic rings. The molecule has 5 nitrogen and oxygen atoms in total. The van der Waals surface area contributed by atoms with Crippen molar-refractivity contribution in [3.63, 3.8) is 0 Å². The molecule has 2 aromatic rings. The van der Waals surface area contributed by atoms with Gasteiger partial charge in [0.15, 0.2) is 5.58 Å². The minimum atomic E-state index is -2.54. The maximum Gasteiger partial charge on any atom is 0.298 e. The molecule has 0 atom stereocenters. The number of halogens is 3. The van der Waals surface area contributed by atoms with Crippen molar-refractivity contribution in [3.8, 4) is 0 Å². The molecule has 3 rings (SSSR count). The number of rotatable bonds is 4. The zero-order valence-corrected chi connectivity index (χ0v) is 11.6. The number of hydrogen-bond donors (Lipinski definition) is 1. The molecule has 0 bridgehead atoms. The lowest BCUT2D eigenvalue weighted by molar-refractivity contribution is -0.126. The number of anilines is 1. The molecule has 0 spiro atoms. The number of nitrogens with zero attached hydrogens (tertiary/aromatic N) is 2. The number of fused-ring (bicyclic) bond motifs is 1. The average molecular weight is 316 g/mol. The Morgan fingerprint density at radius 1 is 1.52 bits per heavy atom. The first-order valence-corrected chi connectivity index (χ1v) is 6.77. The summed E-state index contributed by atoms with van der Waals surface area (Å²) in [4.78, 5) is 17.6. The van der Waals surface area contributed by atoms with Crippen molar-refractivity contribution in [2.75, 3.05) is 24.5 Å². The van der Waals surface area contributed by atoms with Crippen LogP contribution in [-0.2, 0) is 4.79 Å². The third kappa shape index (κ3) is 2.92. The predicted octanol–water partition coefficient (Wildman–Crippen LogP) is 2.30. The highest BCUT2D eigenvalue weighted by Crippen LogP contribution is 2.29. The fourth-order valence-electron chi connectivity index (χ4n) is 2.15. The monoisotopic (exact) mass is 315 g/mol. The van der Waals surface area contributed by atoms with Gasteiger partial charge in [0.25, 0.3) is 12.4 Å². The molecule has 0 unspecified atom stereocenters. The van der Waals surface area contributed by atoms with Crippen LogP contribution >= 0.6 is 11.6 Å². The van der Waals surface area contributed by atoms with Gasteiger partial charge in [0, 0.05) is 18.1 Å². The Kier molecular flexibility index (Phi) is 3.67. The van der Waals surface area contributed by atoms with Crippen LogP contribution in [0.4, 0.5) is 14.8 Å². The smallest absolute Gasteiger partial charge is 0.298 e. The Hall–Kier alpha value is -1.89.